The lowest BCUT2D eigenvalue weighted by molar-refractivity contribution is 0.412. The van der Waals surface area contributed by atoms with E-state index in [-0.39, 0.29) is 0 Å². The maximum Gasteiger partial charge on any atom is 0.145 e. The normalized spacial score (nSPS) is 10.0. The summed E-state index contributed by atoms with van der Waals surface area (Å²) in [5.41, 5.74) is 4.50. The molecule has 98 valence electrons. The van der Waals surface area contributed by atoms with E-state index < -0.39 is 0 Å². The fraction of sp³-hybridized carbons (Fsp3) is 0.500. The number of hydrogen-bond donors (Lipinski definition) is 1. The van der Waals surface area contributed by atoms with Crippen molar-refractivity contribution in [2.24, 2.45) is 0 Å². The molecular formula is C14H19BrN2O. The second-order valence-corrected chi connectivity index (χ2v) is 5.08. The summed E-state index contributed by atoms with van der Waals surface area (Å²) in [5, 5.41) is 11.9. The van der Waals surface area contributed by atoms with Gasteiger partial charge in [-0.25, -0.2) is 0 Å². The van der Waals surface area contributed by atoms with Crippen LogP contribution < -0.4 is 10.1 Å². The predicted octanol–water partition coefficient (Wildman–Crippen LogP) is 4.10. The molecule has 0 radical (unpaired) electrons. The van der Waals surface area contributed by atoms with Crippen LogP contribution >= 0.6 is 15.9 Å². The molecule has 0 fully saturated rings. The molecule has 0 aliphatic heterocycles. The average molecular weight is 311 g/mol. The minimum absolute atomic E-state index is 0.570. The fourth-order valence-corrected chi connectivity index (χ4v) is 2.43. The van der Waals surface area contributed by atoms with Gasteiger partial charge in [-0.05, 0) is 43.9 Å². The summed E-state index contributed by atoms with van der Waals surface area (Å²) >= 11 is 3.62. The molecule has 1 rings (SSSR count). The first-order chi connectivity index (χ1) is 8.54. The lowest BCUT2D eigenvalue weighted by atomic mass is 10.0. The van der Waals surface area contributed by atoms with Gasteiger partial charge < -0.3 is 10.1 Å². The Hall–Kier alpha value is -1.21. The molecule has 0 unspecified atom stereocenters. The van der Waals surface area contributed by atoms with Gasteiger partial charge in [-0.3, -0.25) is 0 Å². The molecule has 1 aromatic rings. The number of rotatable bonds is 5. The third kappa shape index (κ3) is 2.97. The van der Waals surface area contributed by atoms with Gasteiger partial charge in [0.05, 0.1) is 18.9 Å². The number of benzene rings is 1. The van der Waals surface area contributed by atoms with Gasteiger partial charge in [-0.1, -0.05) is 15.9 Å². The molecule has 4 heteroatoms. The molecule has 1 aromatic carbocycles. The van der Waals surface area contributed by atoms with Gasteiger partial charge in [-0.15, -0.1) is 0 Å². The van der Waals surface area contributed by atoms with E-state index in [9.17, 15) is 0 Å². The molecule has 3 nitrogen and oxygen atoms in total. The van der Waals surface area contributed by atoms with E-state index in [0.29, 0.717) is 6.42 Å². The quantitative estimate of drug-likeness (QED) is 0.833. The third-order valence-electron chi connectivity index (χ3n) is 3.13. The number of unbranched alkanes of at least 4 members (excludes halogenated alkanes) is 1. The number of anilines is 1. The highest BCUT2D eigenvalue weighted by Crippen LogP contribution is 2.39. The van der Waals surface area contributed by atoms with Gasteiger partial charge in [-0.2, -0.15) is 5.26 Å². The Morgan fingerprint density at radius 2 is 1.89 bits per heavy atom. The number of methoxy groups -OCH3 is 1. The highest BCUT2D eigenvalue weighted by atomic mass is 79.9. The first-order valence-electron chi connectivity index (χ1n) is 5.98. The van der Waals surface area contributed by atoms with Crippen LogP contribution in [0.3, 0.4) is 0 Å². The molecule has 0 atom stereocenters. The molecule has 0 saturated carbocycles. The van der Waals surface area contributed by atoms with Gasteiger partial charge >= 0.3 is 0 Å². The van der Waals surface area contributed by atoms with E-state index in [1.54, 1.807) is 7.11 Å². The van der Waals surface area contributed by atoms with Crippen LogP contribution in [0, 0.1) is 32.1 Å². The Bertz CT molecular complexity index is 478. The van der Waals surface area contributed by atoms with Gasteiger partial charge in [0, 0.05) is 17.4 Å². The molecule has 1 N–H and O–H groups in total. The van der Waals surface area contributed by atoms with Crippen LogP contribution in [-0.2, 0) is 0 Å². The molecule has 0 amide bonds. The van der Waals surface area contributed by atoms with Crippen molar-refractivity contribution in [3.63, 3.8) is 0 Å². The summed E-state index contributed by atoms with van der Waals surface area (Å²) < 4.78 is 6.62. The highest BCUT2D eigenvalue weighted by Gasteiger charge is 2.16. The highest BCUT2D eigenvalue weighted by molar-refractivity contribution is 9.10. The van der Waals surface area contributed by atoms with Crippen molar-refractivity contribution >= 4 is 21.6 Å². The zero-order chi connectivity index (χ0) is 13.7. The zero-order valence-electron chi connectivity index (χ0n) is 11.4. The molecule has 0 aliphatic rings. The molecule has 0 heterocycles. The van der Waals surface area contributed by atoms with Crippen molar-refractivity contribution in [2.45, 2.75) is 33.6 Å². The Kier molecular flexibility index (Phi) is 5.49. The van der Waals surface area contributed by atoms with Crippen LogP contribution in [0.5, 0.6) is 5.75 Å². The number of halogens is 1. The minimum Gasteiger partial charge on any atom is -0.494 e. The minimum atomic E-state index is 0.570. The standard InChI is InChI=1S/C14H19BrN2O/c1-9-10(2)14(18-4)13(11(3)12(9)15)17-8-6-5-7-16/h17H,5-6,8H2,1-4H3. The van der Waals surface area contributed by atoms with Gasteiger partial charge in [0.25, 0.3) is 0 Å². The van der Waals surface area contributed by atoms with E-state index in [4.69, 9.17) is 10.00 Å². The molecule has 0 aliphatic carbocycles. The summed E-state index contributed by atoms with van der Waals surface area (Å²) in [4.78, 5) is 0. The van der Waals surface area contributed by atoms with Crippen molar-refractivity contribution in [1.82, 2.24) is 0 Å². The second-order valence-electron chi connectivity index (χ2n) is 4.29. The van der Waals surface area contributed by atoms with Crippen LogP contribution in [0.25, 0.3) is 0 Å². The molecular weight excluding hydrogens is 292 g/mol. The van der Waals surface area contributed by atoms with Crippen LogP contribution in [0.4, 0.5) is 5.69 Å². The van der Waals surface area contributed by atoms with E-state index in [2.05, 4.69) is 48.1 Å². The zero-order valence-corrected chi connectivity index (χ0v) is 12.9. The number of hydrogen-bond acceptors (Lipinski definition) is 3. The molecule has 0 bridgehead atoms. The van der Waals surface area contributed by atoms with Crippen LogP contribution in [0.15, 0.2) is 4.47 Å². The van der Waals surface area contributed by atoms with Crippen LogP contribution in [0.1, 0.15) is 29.5 Å². The summed E-state index contributed by atoms with van der Waals surface area (Å²) in [7, 11) is 1.69. The monoisotopic (exact) mass is 310 g/mol. The molecule has 0 spiro atoms. The van der Waals surface area contributed by atoms with Crippen molar-refractivity contribution < 1.29 is 4.74 Å². The molecule has 0 saturated heterocycles. The van der Waals surface area contributed by atoms with Crippen LogP contribution in [-0.4, -0.2) is 13.7 Å². The summed E-state index contributed by atoms with van der Waals surface area (Å²) in [5.74, 6) is 0.894. The van der Waals surface area contributed by atoms with Gasteiger partial charge in [0.2, 0.25) is 0 Å². The number of ether oxygens (including phenoxy) is 1. The Labute approximate surface area is 117 Å². The smallest absolute Gasteiger partial charge is 0.145 e. The van der Waals surface area contributed by atoms with Gasteiger partial charge in [0.1, 0.15) is 5.75 Å². The average Bonchev–Trinajstić information content (AvgIpc) is 2.38. The first-order valence-corrected chi connectivity index (χ1v) is 6.78. The molecule has 18 heavy (non-hydrogen) atoms. The lowest BCUT2D eigenvalue weighted by Crippen LogP contribution is -2.07. The predicted molar refractivity (Wildman–Crippen MR) is 78.2 cm³/mol. The van der Waals surface area contributed by atoms with E-state index in [1.165, 1.54) is 5.56 Å². The Balaban J connectivity index is 3.06. The summed E-state index contributed by atoms with van der Waals surface area (Å²) in [6.45, 7) is 6.97. The lowest BCUT2D eigenvalue weighted by Gasteiger charge is -2.19. The van der Waals surface area contributed by atoms with Crippen molar-refractivity contribution in [3.05, 3.63) is 21.2 Å². The third-order valence-corrected chi connectivity index (χ3v) is 4.32. The Morgan fingerprint density at radius 3 is 2.44 bits per heavy atom. The maximum absolute atomic E-state index is 8.53. The SMILES string of the molecule is COc1c(C)c(C)c(Br)c(C)c1NCCCC#N. The van der Waals surface area contributed by atoms with Crippen LogP contribution in [0.2, 0.25) is 0 Å². The largest absolute Gasteiger partial charge is 0.494 e. The van der Waals surface area contributed by atoms with E-state index in [0.717, 1.165) is 40.0 Å². The van der Waals surface area contributed by atoms with Crippen molar-refractivity contribution in [3.8, 4) is 11.8 Å². The number of nitrogens with zero attached hydrogens (tertiary/aromatic N) is 1. The number of nitrogens with one attached hydrogen (secondary N) is 1. The van der Waals surface area contributed by atoms with E-state index in [1.807, 2.05) is 0 Å². The first kappa shape index (κ1) is 14.8. The molecule has 0 aromatic heterocycles. The topological polar surface area (TPSA) is 45.0 Å². The number of nitriles is 1. The Morgan fingerprint density at radius 1 is 1.22 bits per heavy atom. The van der Waals surface area contributed by atoms with Crippen molar-refractivity contribution in [2.75, 3.05) is 19.0 Å². The van der Waals surface area contributed by atoms with Gasteiger partial charge in [0.15, 0.2) is 0 Å². The van der Waals surface area contributed by atoms with E-state index >= 15 is 0 Å². The fourth-order valence-electron chi connectivity index (χ4n) is 1.93. The van der Waals surface area contributed by atoms with Crippen molar-refractivity contribution in [1.29, 1.82) is 5.26 Å². The second kappa shape index (κ2) is 6.65. The summed E-state index contributed by atoms with van der Waals surface area (Å²) in [6, 6.07) is 2.15. The summed E-state index contributed by atoms with van der Waals surface area (Å²) in [6.07, 6.45) is 1.41. The maximum atomic E-state index is 8.53.